The molecule has 0 saturated heterocycles. The molecule has 0 aliphatic carbocycles. The number of halogens is 2. The lowest BCUT2D eigenvalue weighted by atomic mass is 10.1. The van der Waals surface area contributed by atoms with Gasteiger partial charge >= 0.3 is 0 Å². The van der Waals surface area contributed by atoms with Gasteiger partial charge in [0.25, 0.3) is 5.69 Å². The van der Waals surface area contributed by atoms with Crippen LogP contribution in [0.1, 0.15) is 0 Å². The molecule has 5 nitrogen and oxygen atoms in total. The average Bonchev–Trinajstić information content (AvgIpc) is 2.74. The van der Waals surface area contributed by atoms with Crippen molar-refractivity contribution in [1.29, 1.82) is 0 Å². The minimum absolute atomic E-state index is 0.0404. The molecule has 1 aromatic heterocycles. The quantitative estimate of drug-likeness (QED) is 0.629. The van der Waals surface area contributed by atoms with Crippen molar-refractivity contribution < 1.29 is 13.7 Å². The van der Waals surface area contributed by atoms with Crippen molar-refractivity contribution in [1.82, 2.24) is 9.97 Å². The van der Waals surface area contributed by atoms with E-state index in [1.165, 1.54) is 12.5 Å². The highest BCUT2D eigenvalue weighted by Crippen LogP contribution is 2.30. The van der Waals surface area contributed by atoms with Gasteiger partial charge in [-0.15, -0.1) is 0 Å². The summed E-state index contributed by atoms with van der Waals surface area (Å²) in [6, 6.07) is 1.31. The molecule has 0 aliphatic heterocycles. The molecule has 16 heavy (non-hydrogen) atoms. The molecule has 1 heterocycles. The molecule has 0 fully saturated rings. The summed E-state index contributed by atoms with van der Waals surface area (Å²) >= 11 is 0. The average molecular weight is 225 g/mol. The first kappa shape index (κ1) is 10.2. The molecule has 0 radical (unpaired) electrons. The summed E-state index contributed by atoms with van der Waals surface area (Å²) in [4.78, 5) is 16.1. The molecule has 7 heteroatoms. The van der Waals surface area contributed by atoms with Gasteiger partial charge in [0, 0.05) is 0 Å². The van der Waals surface area contributed by atoms with Crippen LogP contribution >= 0.6 is 0 Å². The van der Waals surface area contributed by atoms with Crippen LogP contribution in [-0.4, -0.2) is 14.9 Å². The number of imidazole rings is 1. The van der Waals surface area contributed by atoms with Gasteiger partial charge in [-0.1, -0.05) is 0 Å². The lowest BCUT2D eigenvalue weighted by Crippen LogP contribution is -1.96. The number of aromatic amines is 1. The van der Waals surface area contributed by atoms with Crippen molar-refractivity contribution >= 4 is 5.69 Å². The third-order valence-corrected chi connectivity index (χ3v) is 2.02. The van der Waals surface area contributed by atoms with Crippen LogP contribution in [0.5, 0.6) is 0 Å². The number of hydrogen-bond donors (Lipinski definition) is 1. The summed E-state index contributed by atoms with van der Waals surface area (Å²) < 4.78 is 25.8. The lowest BCUT2D eigenvalue weighted by Gasteiger charge is -2.01. The maximum atomic E-state index is 13.0. The zero-order valence-electron chi connectivity index (χ0n) is 7.78. The standard InChI is InChI=1S/C9H5F2N3O2/c10-6-1-5(8-3-12-4-13-8)9(14(15)16)2-7(6)11/h1-4H,(H,12,13). The van der Waals surface area contributed by atoms with Crippen LogP contribution in [0, 0.1) is 21.7 Å². The normalized spacial score (nSPS) is 10.4. The number of nitrogens with zero attached hydrogens (tertiary/aromatic N) is 2. The Morgan fingerprint density at radius 2 is 2.00 bits per heavy atom. The molecule has 0 bridgehead atoms. The van der Waals surface area contributed by atoms with Gasteiger partial charge < -0.3 is 4.98 Å². The summed E-state index contributed by atoms with van der Waals surface area (Å²) in [5, 5.41) is 10.7. The van der Waals surface area contributed by atoms with Gasteiger partial charge in [-0.3, -0.25) is 10.1 Å². The fourth-order valence-corrected chi connectivity index (χ4v) is 1.31. The summed E-state index contributed by atoms with van der Waals surface area (Å²) in [6.45, 7) is 0. The molecule has 0 saturated carbocycles. The molecule has 0 atom stereocenters. The van der Waals surface area contributed by atoms with E-state index in [4.69, 9.17) is 0 Å². The van der Waals surface area contributed by atoms with Gasteiger partial charge in [0.15, 0.2) is 11.6 Å². The van der Waals surface area contributed by atoms with Gasteiger partial charge in [-0.05, 0) is 6.07 Å². The van der Waals surface area contributed by atoms with Gasteiger partial charge in [0.05, 0.1) is 34.8 Å². The van der Waals surface area contributed by atoms with E-state index in [1.807, 2.05) is 0 Å². The number of rotatable bonds is 2. The third-order valence-electron chi connectivity index (χ3n) is 2.02. The Hall–Kier alpha value is -2.31. The second-order valence-electron chi connectivity index (χ2n) is 3.01. The van der Waals surface area contributed by atoms with E-state index in [0.717, 1.165) is 6.07 Å². The number of H-pyrrole nitrogens is 1. The fourth-order valence-electron chi connectivity index (χ4n) is 1.31. The SMILES string of the molecule is O=[N+]([O-])c1cc(F)c(F)cc1-c1cnc[nH]1. The molecular formula is C9H5F2N3O2. The topological polar surface area (TPSA) is 71.8 Å². The van der Waals surface area contributed by atoms with Gasteiger partial charge in [0.2, 0.25) is 0 Å². The van der Waals surface area contributed by atoms with Crippen LogP contribution in [0.3, 0.4) is 0 Å². The first-order chi connectivity index (χ1) is 7.59. The van der Waals surface area contributed by atoms with Crippen LogP contribution in [0.25, 0.3) is 11.3 Å². The monoisotopic (exact) mass is 225 g/mol. The van der Waals surface area contributed by atoms with Crippen molar-refractivity contribution in [3.05, 3.63) is 46.4 Å². The molecular weight excluding hydrogens is 220 g/mol. The van der Waals surface area contributed by atoms with Gasteiger partial charge in [0.1, 0.15) is 0 Å². The van der Waals surface area contributed by atoms with Crippen molar-refractivity contribution in [2.75, 3.05) is 0 Å². The smallest absolute Gasteiger partial charge is 0.281 e. The minimum atomic E-state index is -1.25. The molecule has 1 N–H and O–H groups in total. The van der Waals surface area contributed by atoms with E-state index in [0.29, 0.717) is 6.07 Å². The number of benzene rings is 1. The second-order valence-corrected chi connectivity index (χ2v) is 3.01. The number of aromatic nitrogens is 2. The number of hydrogen-bond acceptors (Lipinski definition) is 3. The predicted molar refractivity (Wildman–Crippen MR) is 50.6 cm³/mol. The maximum absolute atomic E-state index is 13.0. The van der Waals surface area contributed by atoms with E-state index < -0.39 is 22.2 Å². The second kappa shape index (κ2) is 3.69. The number of nitro benzene ring substituents is 1. The van der Waals surface area contributed by atoms with Crippen LogP contribution in [0.2, 0.25) is 0 Å². The zero-order valence-corrected chi connectivity index (χ0v) is 7.78. The van der Waals surface area contributed by atoms with Crippen molar-refractivity contribution in [3.8, 4) is 11.3 Å². The Labute approximate surface area is 87.9 Å². The largest absolute Gasteiger partial charge is 0.344 e. The summed E-state index contributed by atoms with van der Waals surface area (Å²) in [5.41, 5.74) is -0.296. The van der Waals surface area contributed by atoms with Crippen molar-refractivity contribution in [2.24, 2.45) is 0 Å². The van der Waals surface area contributed by atoms with Crippen LogP contribution in [-0.2, 0) is 0 Å². The summed E-state index contributed by atoms with van der Waals surface area (Å²) in [7, 11) is 0. The van der Waals surface area contributed by atoms with Crippen LogP contribution in [0.15, 0.2) is 24.7 Å². The Kier molecular flexibility index (Phi) is 2.35. The molecule has 82 valence electrons. The fraction of sp³-hybridized carbons (Fsp3) is 0. The highest BCUT2D eigenvalue weighted by molar-refractivity contribution is 5.70. The minimum Gasteiger partial charge on any atom is -0.344 e. The van der Waals surface area contributed by atoms with E-state index in [2.05, 4.69) is 9.97 Å². The molecule has 0 unspecified atom stereocenters. The first-order valence-electron chi connectivity index (χ1n) is 4.22. The van der Waals surface area contributed by atoms with E-state index in [1.54, 1.807) is 0 Å². The van der Waals surface area contributed by atoms with Crippen LogP contribution < -0.4 is 0 Å². The summed E-state index contributed by atoms with van der Waals surface area (Å²) in [5.74, 6) is -2.40. The molecule has 1 aromatic carbocycles. The molecule has 2 aromatic rings. The summed E-state index contributed by atoms with van der Waals surface area (Å²) in [6.07, 6.45) is 2.58. The number of nitro groups is 1. The highest BCUT2D eigenvalue weighted by atomic mass is 19.2. The van der Waals surface area contributed by atoms with E-state index in [9.17, 15) is 18.9 Å². The third kappa shape index (κ3) is 1.62. The van der Waals surface area contributed by atoms with Gasteiger partial charge in [-0.25, -0.2) is 13.8 Å². The molecule has 2 rings (SSSR count). The Balaban J connectivity index is 2.68. The first-order valence-corrected chi connectivity index (χ1v) is 4.22. The molecule has 0 spiro atoms. The Morgan fingerprint density at radius 1 is 1.31 bits per heavy atom. The highest BCUT2D eigenvalue weighted by Gasteiger charge is 2.20. The van der Waals surface area contributed by atoms with Crippen molar-refractivity contribution in [2.45, 2.75) is 0 Å². The van der Waals surface area contributed by atoms with E-state index in [-0.39, 0.29) is 11.3 Å². The predicted octanol–water partition coefficient (Wildman–Crippen LogP) is 2.26. The van der Waals surface area contributed by atoms with E-state index >= 15 is 0 Å². The molecule has 0 amide bonds. The lowest BCUT2D eigenvalue weighted by molar-refractivity contribution is -0.384. The maximum Gasteiger partial charge on any atom is 0.281 e. The Bertz CT molecular complexity index is 540. The zero-order chi connectivity index (χ0) is 11.7. The van der Waals surface area contributed by atoms with Crippen molar-refractivity contribution in [3.63, 3.8) is 0 Å². The van der Waals surface area contributed by atoms with Crippen LogP contribution in [0.4, 0.5) is 14.5 Å². The molecule has 0 aliphatic rings. The number of nitrogens with one attached hydrogen (secondary N) is 1. The van der Waals surface area contributed by atoms with Gasteiger partial charge in [-0.2, -0.15) is 0 Å². The Morgan fingerprint density at radius 3 is 2.56 bits per heavy atom.